The smallest absolute Gasteiger partial charge is 0.229 e. The van der Waals surface area contributed by atoms with Crippen LogP contribution in [0.5, 0.6) is 0 Å². The molecule has 0 spiro atoms. The van der Waals surface area contributed by atoms with Gasteiger partial charge in [0.25, 0.3) is 0 Å². The lowest BCUT2D eigenvalue weighted by molar-refractivity contribution is -0.120. The molecule has 18 heavy (non-hydrogen) atoms. The summed E-state index contributed by atoms with van der Waals surface area (Å²) in [4.78, 5) is 23.2. The van der Waals surface area contributed by atoms with Gasteiger partial charge < -0.3 is 10.6 Å². The number of hydrogen-bond donors (Lipinski definition) is 2. The molecule has 0 bridgehead atoms. The van der Waals surface area contributed by atoms with Gasteiger partial charge in [-0.15, -0.1) is 0 Å². The zero-order valence-electron chi connectivity index (χ0n) is 10.7. The van der Waals surface area contributed by atoms with Crippen molar-refractivity contribution in [1.82, 2.24) is 5.32 Å². The van der Waals surface area contributed by atoms with Crippen LogP contribution in [-0.2, 0) is 4.79 Å². The lowest BCUT2D eigenvalue weighted by Crippen LogP contribution is -2.27. The second-order valence-electron chi connectivity index (χ2n) is 4.86. The Kier molecular flexibility index (Phi) is 3.77. The maximum absolute atomic E-state index is 12.0. The molecule has 0 aliphatic carbocycles. The third kappa shape index (κ3) is 2.76. The SMILES string of the molecule is CC(=O)c1ccc(NC(=O)C2CNCC2C)cc1. The largest absolute Gasteiger partial charge is 0.326 e. The molecule has 2 rings (SSSR count). The van der Waals surface area contributed by atoms with Gasteiger partial charge in [-0.2, -0.15) is 0 Å². The first kappa shape index (κ1) is 12.8. The number of carbonyl (C=O) groups is 2. The van der Waals surface area contributed by atoms with E-state index in [1.54, 1.807) is 24.3 Å². The van der Waals surface area contributed by atoms with Gasteiger partial charge in [0.1, 0.15) is 0 Å². The first-order valence-corrected chi connectivity index (χ1v) is 6.20. The lowest BCUT2D eigenvalue weighted by atomic mass is 9.97. The van der Waals surface area contributed by atoms with Gasteiger partial charge in [0.05, 0.1) is 5.92 Å². The van der Waals surface area contributed by atoms with Crippen molar-refractivity contribution in [3.05, 3.63) is 29.8 Å². The van der Waals surface area contributed by atoms with E-state index in [1.807, 2.05) is 0 Å². The van der Waals surface area contributed by atoms with E-state index in [-0.39, 0.29) is 17.6 Å². The Hall–Kier alpha value is -1.68. The van der Waals surface area contributed by atoms with Crippen LogP contribution in [0, 0.1) is 11.8 Å². The number of rotatable bonds is 3. The summed E-state index contributed by atoms with van der Waals surface area (Å²) in [7, 11) is 0. The van der Waals surface area contributed by atoms with E-state index in [0.717, 1.165) is 18.8 Å². The minimum Gasteiger partial charge on any atom is -0.326 e. The zero-order chi connectivity index (χ0) is 13.1. The maximum Gasteiger partial charge on any atom is 0.229 e. The first-order chi connectivity index (χ1) is 8.58. The molecule has 1 aromatic carbocycles. The highest BCUT2D eigenvalue weighted by atomic mass is 16.2. The highest BCUT2D eigenvalue weighted by molar-refractivity contribution is 5.96. The molecule has 1 fully saturated rings. The van der Waals surface area contributed by atoms with Crippen molar-refractivity contribution < 1.29 is 9.59 Å². The molecule has 4 nitrogen and oxygen atoms in total. The number of ketones is 1. The number of Topliss-reactive ketones (excluding diaryl/α,β-unsaturated/α-hetero) is 1. The minimum atomic E-state index is 0.0254. The molecule has 96 valence electrons. The average molecular weight is 246 g/mol. The number of anilines is 1. The van der Waals surface area contributed by atoms with E-state index in [1.165, 1.54) is 6.92 Å². The molecule has 0 aromatic heterocycles. The van der Waals surface area contributed by atoms with Gasteiger partial charge in [-0.1, -0.05) is 6.92 Å². The predicted octanol–water partition coefficient (Wildman–Crippen LogP) is 1.68. The molecular formula is C14H18N2O2. The topological polar surface area (TPSA) is 58.2 Å². The average Bonchev–Trinajstić information content (AvgIpc) is 2.76. The van der Waals surface area contributed by atoms with Crippen LogP contribution in [0.4, 0.5) is 5.69 Å². The normalized spacial score (nSPS) is 22.8. The van der Waals surface area contributed by atoms with Crippen molar-refractivity contribution >= 4 is 17.4 Å². The Morgan fingerprint density at radius 3 is 2.39 bits per heavy atom. The summed E-state index contributed by atoms with van der Waals surface area (Å²) in [6.45, 7) is 5.22. The fourth-order valence-corrected chi connectivity index (χ4v) is 2.18. The lowest BCUT2D eigenvalue weighted by Gasteiger charge is -2.14. The quantitative estimate of drug-likeness (QED) is 0.798. The Balaban J connectivity index is 2.00. The monoisotopic (exact) mass is 246 g/mol. The van der Waals surface area contributed by atoms with E-state index in [4.69, 9.17) is 0 Å². The second kappa shape index (κ2) is 5.31. The van der Waals surface area contributed by atoms with Crippen LogP contribution in [0.3, 0.4) is 0 Å². The summed E-state index contributed by atoms with van der Waals surface area (Å²) in [6, 6.07) is 6.99. The van der Waals surface area contributed by atoms with Gasteiger partial charge in [0.2, 0.25) is 5.91 Å². The van der Waals surface area contributed by atoms with Gasteiger partial charge in [0, 0.05) is 17.8 Å². The van der Waals surface area contributed by atoms with Gasteiger partial charge in [0.15, 0.2) is 5.78 Å². The molecule has 1 aromatic rings. The summed E-state index contributed by atoms with van der Waals surface area (Å²) in [5.41, 5.74) is 1.40. The fraction of sp³-hybridized carbons (Fsp3) is 0.429. The number of benzene rings is 1. The summed E-state index contributed by atoms with van der Waals surface area (Å²) >= 11 is 0. The fourth-order valence-electron chi connectivity index (χ4n) is 2.18. The second-order valence-corrected chi connectivity index (χ2v) is 4.86. The molecule has 0 radical (unpaired) electrons. The van der Waals surface area contributed by atoms with E-state index in [2.05, 4.69) is 17.6 Å². The summed E-state index contributed by atoms with van der Waals surface area (Å²) in [5.74, 6) is 0.462. The van der Waals surface area contributed by atoms with Gasteiger partial charge in [-0.25, -0.2) is 0 Å². The van der Waals surface area contributed by atoms with Gasteiger partial charge in [-0.3, -0.25) is 9.59 Å². The third-order valence-electron chi connectivity index (χ3n) is 3.41. The van der Waals surface area contributed by atoms with Crippen LogP contribution in [0.2, 0.25) is 0 Å². The summed E-state index contributed by atoms with van der Waals surface area (Å²) < 4.78 is 0. The molecule has 1 aliphatic heterocycles. The maximum atomic E-state index is 12.0. The Bertz CT molecular complexity index is 453. The Morgan fingerprint density at radius 1 is 1.22 bits per heavy atom. The minimum absolute atomic E-state index is 0.0254. The molecule has 1 aliphatic rings. The predicted molar refractivity (Wildman–Crippen MR) is 70.6 cm³/mol. The molecule has 4 heteroatoms. The highest BCUT2D eigenvalue weighted by Gasteiger charge is 2.29. The van der Waals surface area contributed by atoms with Crippen LogP contribution in [0.15, 0.2) is 24.3 Å². The van der Waals surface area contributed by atoms with Gasteiger partial charge >= 0.3 is 0 Å². The molecule has 1 saturated heterocycles. The zero-order valence-corrected chi connectivity index (χ0v) is 10.7. The molecule has 2 N–H and O–H groups in total. The highest BCUT2D eigenvalue weighted by Crippen LogP contribution is 2.18. The third-order valence-corrected chi connectivity index (χ3v) is 3.41. The molecule has 2 unspecified atom stereocenters. The molecule has 1 amide bonds. The number of carbonyl (C=O) groups excluding carboxylic acids is 2. The van der Waals surface area contributed by atoms with E-state index >= 15 is 0 Å². The van der Waals surface area contributed by atoms with Crippen LogP contribution in [-0.4, -0.2) is 24.8 Å². The summed E-state index contributed by atoms with van der Waals surface area (Å²) in [5, 5.41) is 6.10. The van der Waals surface area contributed by atoms with E-state index in [0.29, 0.717) is 11.5 Å². The van der Waals surface area contributed by atoms with Crippen LogP contribution in [0.25, 0.3) is 0 Å². The van der Waals surface area contributed by atoms with Crippen molar-refractivity contribution in [1.29, 1.82) is 0 Å². The Labute approximate surface area is 107 Å². The Morgan fingerprint density at radius 2 is 1.89 bits per heavy atom. The van der Waals surface area contributed by atoms with Crippen molar-refractivity contribution in [2.45, 2.75) is 13.8 Å². The standard InChI is InChI=1S/C14H18N2O2/c1-9-7-15-8-13(9)14(18)16-12-5-3-11(4-6-12)10(2)17/h3-6,9,13,15H,7-8H2,1-2H3,(H,16,18). The first-order valence-electron chi connectivity index (χ1n) is 6.20. The van der Waals surface area contributed by atoms with E-state index in [9.17, 15) is 9.59 Å². The number of amides is 1. The molecular weight excluding hydrogens is 228 g/mol. The van der Waals surface area contributed by atoms with Crippen LogP contribution < -0.4 is 10.6 Å². The van der Waals surface area contributed by atoms with Crippen molar-refractivity contribution in [2.75, 3.05) is 18.4 Å². The molecule has 2 atom stereocenters. The van der Waals surface area contributed by atoms with Crippen LogP contribution >= 0.6 is 0 Å². The number of nitrogens with one attached hydrogen (secondary N) is 2. The summed E-state index contributed by atoms with van der Waals surface area (Å²) in [6.07, 6.45) is 0. The van der Waals surface area contributed by atoms with Crippen molar-refractivity contribution in [2.24, 2.45) is 11.8 Å². The van der Waals surface area contributed by atoms with Crippen molar-refractivity contribution in [3.8, 4) is 0 Å². The number of hydrogen-bond acceptors (Lipinski definition) is 3. The van der Waals surface area contributed by atoms with Gasteiger partial charge in [-0.05, 0) is 43.7 Å². The molecule has 1 heterocycles. The van der Waals surface area contributed by atoms with E-state index < -0.39 is 0 Å². The van der Waals surface area contributed by atoms with Crippen LogP contribution in [0.1, 0.15) is 24.2 Å². The molecule has 0 saturated carbocycles. The van der Waals surface area contributed by atoms with Crippen molar-refractivity contribution in [3.63, 3.8) is 0 Å².